The maximum absolute atomic E-state index is 10.3. The van der Waals surface area contributed by atoms with Gasteiger partial charge in [-0.05, 0) is 37.0 Å². The lowest BCUT2D eigenvalue weighted by Crippen LogP contribution is -2.36. The van der Waals surface area contributed by atoms with Crippen molar-refractivity contribution in [1.29, 1.82) is 0 Å². The third kappa shape index (κ3) is 5.18. The van der Waals surface area contributed by atoms with E-state index in [-0.39, 0.29) is 6.10 Å². The van der Waals surface area contributed by atoms with Crippen molar-refractivity contribution in [3.8, 4) is 22.9 Å². The number of benzene rings is 1. The molecule has 0 unspecified atom stereocenters. The van der Waals surface area contributed by atoms with E-state index in [0.717, 1.165) is 65.6 Å². The Kier molecular flexibility index (Phi) is 6.76. The fraction of sp³-hybridized carbons (Fsp3) is 0.407. The zero-order valence-corrected chi connectivity index (χ0v) is 20.9. The molecule has 186 valence electrons. The zero-order valence-electron chi connectivity index (χ0n) is 20.0. The summed E-state index contributed by atoms with van der Waals surface area (Å²) in [7, 11) is 0. The smallest absolute Gasteiger partial charge is 0.147 e. The molecule has 1 aliphatic heterocycles. The normalized spacial score (nSPS) is 20.5. The second-order valence-corrected chi connectivity index (χ2v) is 10.5. The van der Waals surface area contributed by atoms with Gasteiger partial charge in [-0.1, -0.05) is 12.8 Å². The van der Waals surface area contributed by atoms with E-state index >= 15 is 0 Å². The largest absolute Gasteiger partial charge is 0.457 e. The summed E-state index contributed by atoms with van der Waals surface area (Å²) < 4.78 is 12.7. The molecule has 36 heavy (non-hydrogen) atoms. The summed E-state index contributed by atoms with van der Waals surface area (Å²) in [6, 6.07) is 9.69. The van der Waals surface area contributed by atoms with Gasteiger partial charge in [0.05, 0.1) is 52.6 Å². The average Bonchev–Trinajstić information content (AvgIpc) is 3.32. The van der Waals surface area contributed by atoms with Gasteiger partial charge in [-0.2, -0.15) is 0 Å². The minimum absolute atomic E-state index is 0.203. The zero-order chi connectivity index (χ0) is 24.3. The molecule has 1 saturated carbocycles. The second kappa shape index (κ2) is 10.5. The Bertz CT molecular complexity index is 1320. The predicted molar refractivity (Wildman–Crippen MR) is 140 cm³/mol. The van der Waals surface area contributed by atoms with E-state index in [4.69, 9.17) is 14.5 Å². The van der Waals surface area contributed by atoms with Crippen molar-refractivity contribution in [2.24, 2.45) is 5.92 Å². The number of thiazole rings is 1. The second-order valence-electron chi connectivity index (χ2n) is 9.39. The molecule has 9 heteroatoms. The van der Waals surface area contributed by atoms with Crippen molar-refractivity contribution in [1.82, 2.24) is 19.9 Å². The van der Waals surface area contributed by atoms with Gasteiger partial charge in [0.2, 0.25) is 0 Å². The van der Waals surface area contributed by atoms with Crippen LogP contribution in [-0.2, 0) is 11.2 Å². The number of pyridine rings is 1. The van der Waals surface area contributed by atoms with Gasteiger partial charge in [-0.15, -0.1) is 11.3 Å². The first-order chi connectivity index (χ1) is 17.7. The van der Waals surface area contributed by atoms with Gasteiger partial charge < -0.3 is 19.5 Å². The Hall–Kier alpha value is -3.14. The first-order valence-electron chi connectivity index (χ1n) is 12.6. The van der Waals surface area contributed by atoms with Crippen molar-refractivity contribution in [3.63, 3.8) is 0 Å². The number of ether oxygens (including phenoxy) is 2. The highest BCUT2D eigenvalue weighted by Gasteiger charge is 2.24. The molecule has 0 bridgehead atoms. The molecule has 4 heterocycles. The van der Waals surface area contributed by atoms with Crippen LogP contribution in [0.1, 0.15) is 30.7 Å². The van der Waals surface area contributed by atoms with Gasteiger partial charge >= 0.3 is 0 Å². The highest BCUT2D eigenvalue weighted by Crippen LogP contribution is 2.33. The average molecular weight is 504 g/mol. The highest BCUT2D eigenvalue weighted by molar-refractivity contribution is 7.18. The van der Waals surface area contributed by atoms with Gasteiger partial charge in [-0.3, -0.25) is 4.98 Å². The van der Waals surface area contributed by atoms with Crippen molar-refractivity contribution in [3.05, 3.63) is 53.9 Å². The van der Waals surface area contributed by atoms with Crippen molar-refractivity contribution in [2.75, 3.05) is 31.2 Å². The summed E-state index contributed by atoms with van der Waals surface area (Å²) in [5, 5.41) is 11.4. The molecule has 1 aromatic carbocycles. The van der Waals surface area contributed by atoms with Crippen LogP contribution in [-0.4, -0.2) is 57.4 Å². The number of aliphatic hydroxyl groups is 1. The molecular weight excluding hydrogens is 474 g/mol. The van der Waals surface area contributed by atoms with E-state index in [1.54, 1.807) is 29.9 Å². The predicted octanol–water partition coefficient (Wildman–Crippen LogP) is 4.87. The highest BCUT2D eigenvalue weighted by atomic mass is 32.1. The van der Waals surface area contributed by atoms with Crippen LogP contribution < -0.4 is 9.64 Å². The summed E-state index contributed by atoms with van der Waals surface area (Å²) in [4.78, 5) is 20.6. The molecule has 8 nitrogen and oxygen atoms in total. The van der Waals surface area contributed by atoms with Gasteiger partial charge in [0, 0.05) is 37.8 Å². The quantitative estimate of drug-likeness (QED) is 0.398. The maximum Gasteiger partial charge on any atom is 0.147 e. The minimum atomic E-state index is -0.203. The Morgan fingerprint density at radius 2 is 1.83 bits per heavy atom. The Morgan fingerprint density at radius 3 is 2.67 bits per heavy atom. The van der Waals surface area contributed by atoms with Crippen molar-refractivity contribution >= 4 is 27.4 Å². The number of aromatic nitrogens is 4. The molecule has 0 radical (unpaired) electrons. The van der Waals surface area contributed by atoms with Crippen LogP contribution in [0.25, 0.3) is 21.6 Å². The molecule has 4 aromatic rings. The Labute approximate surface area is 214 Å². The standard InChI is InChI=1S/C27H29N5O3S/c33-24-4-2-1-3-18(24)13-27-31-21-6-5-19(15-25(21)36-27)35-20-7-8-28-22(14-20)23-16-30-26(17-29-23)32-9-11-34-12-10-32/h5-8,14-18,24,33H,1-4,9-13H2/t18-,24+/m0/s1. The van der Waals surface area contributed by atoms with E-state index in [2.05, 4.69) is 19.9 Å². The first kappa shape index (κ1) is 23.3. The molecular formula is C27H29N5O3S. The number of hydrogen-bond acceptors (Lipinski definition) is 9. The third-order valence-corrected chi connectivity index (χ3v) is 7.95. The van der Waals surface area contributed by atoms with E-state index in [9.17, 15) is 5.11 Å². The molecule has 6 rings (SSSR count). The Morgan fingerprint density at radius 1 is 0.972 bits per heavy atom. The summed E-state index contributed by atoms with van der Waals surface area (Å²) in [6.45, 7) is 3.07. The minimum Gasteiger partial charge on any atom is -0.457 e. The number of morpholine rings is 1. The monoisotopic (exact) mass is 503 g/mol. The summed E-state index contributed by atoms with van der Waals surface area (Å²) >= 11 is 1.69. The third-order valence-electron chi connectivity index (χ3n) is 6.91. The first-order valence-corrected chi connectivity index (χ1v) is 13.4. The van der Waals surface area contributed by atoms with Gasteiger partial charge in [0.15, 0.2) is 0 Å². The van der Waals surface area contributed by atoms with E-state index < -0.39 is 0 Å². The fourth-order valence-corrected chi connectivity index (χ4v) is 6.00. The number of aliphatic hydroxyl groups excluding tert-OH is 1. The summed E-state index contributed by atoms with van der Waals surface area (Å²) in [5.41, 5.74) is 2.38. The van der Waals surface area contributed by atoms with Crippen LogP contribution in [0.2, 0.25) is 0 Å². The molecule has 3 aromatic heterocycles. The molecule has 2 atom stereocenters. The molecule has 1 saturated heterocycles. The summed E-state index contributed by atoms with van der Waals surface area (Å²) in [6.07, 6.45) is 10.2. The van der Waals surface area contributed by atoms with E-state index in [1.807, 2.05) is 30.3 Å². The van der Waals surface area contributed by atoms with Crippen LogP contribution in [0.3, 0.4) is 0 Å². The number of nitrogens with zero attached hydrogens (tertiary/aromatic N) is 5. The van der Waals surface area contributed by atoms with Crippen molar-refractivity contribution in [2.45, 2.75) is 38.2 Å². The SMILES string of the molecule is O[C@@H]1CCCC[C@H]1Cc1nc2ccc(Oc3ccnc(-c4cnc(N5CCOCC5)cn4)c3)cc2s1. The van der Waals surface area contributed by atoms with Gasteiger partial charge in [-0.25, -0.2) is 15.0 Å². The molecule has 0 amide bonds. The van der Waals surface area contributed by atoms with Crippen molar-refractivity contribution < 1.29 is 14.6 Å². The van der Waals surface area contributed by atoms with E-state index in [0.29, 0.717) is 36.3 Å². The number of fused-ring (bicyclic) bond motifs is 1. The summed E-state index contributed by atoms with van der Waals surface area (Å²) in [5.74, 6) is 2.61. The Balaban J connectivity index is 1.15. The number of hydrogen-bond donors (Lipinski definition) is 1. The van der Waals surface area contributed by atoms with E-state index in [1.165, 1.54) is 6.42 Å². The van der Waals surface area contributed by atoms with Crippen LogP contribution in [0.4, 0.5) is 5.82 Å². The molecule has 0 spiro atoms. The van der Waals surface area contributed by atoms with Crippen LogP contribution in [0.5, 0.6) is 11.5 Å². The van der Waals surface area contributed by atoms with Gasteiger partial charge in [0.25, 0.3) is 0 Å². The molecule has 1 N–H and O–H groups in total. The van der Waals surface area contributed by atoms with Gasteiger partial charge in [0.1, 0.15) is 23.0 Å². The molecule has 2 fully saturated rings. The van der Waals surface area contributed by atoms with Crippen LogP contribution in [0, 0.1) is 5.92 Å². The molecule has 2 aliphatic rings. The number of rotatable bonds is 6. The fourth-order valence-electron chi connectivity index (χ4n) is 4.91. The molecule has 1 aliphatic carbocycles. The lowest BCUT2D eigenvalue weighted by Gasteiger charge is -2.27. The van der Waals surface area contributed by atoms with Crippen LogP contribution >= 0.6 is 11.3 Å². The lowest BCUT2D eigenvalue weighted by atomic mass is 9.84. The topological polar surface area (TPSA) is 93.5 Å². The number of anilines is 1. The maximum atomic E-state index is 10.3. The lowest BCUT2D eigenvalue weighted by molar-refractivity contribution is 0.0700. The van der Waals surface area contributed by atoms with Crippen LogP contribution in [0.15, 0.2) is 48.9 Å².